The number of esters is 1. The summed E-state index contributed by atoms with van der Waals surface area (Å²) in [7, 11) is 0. The van der Waals surface area contributed by atoms with Crippen LogP contribution in [0.1, 0.15) is 78.1 Å². The molecule has 0 bridgehead atoms. The Labute approximate surface area is 184 Å². The summed E-state index contributed by atoms with van der Waals surface area (Å²) in [5, 5.41) is 0. The molecule has 166 valence electrons. The van der Waals surface area contributed by atoms with Crippen LogP contribution in [0.15, 0.2) is 72.9 Å². The highest BCUT2D eigenvalue weighted by molar-refractivity contribution is 5.79. The van der Waals surface area contributed by atoms with Crippen LogP contribution in [0.3, 0.4) is 0 Å². The molecule has 0 saturated heterocycles. The minimum absolute atomic E-state index is 0.178. The van der Waals surface area contributed by atoms with Gasteiger partial charge in [-0.2, -0.15) is 0 Å². The first-order chi connectivity index (χ1) is 14.7. The SMILES string of the molecule is CC/C=C/C/C=C/C/C=C/CC(=O)CCCOC(=O)C/C=C/C/C=C/C/C=C/CC. The number of carbonyl (C=O) groups is 2. The molecule has 0 radical (unpaired) electrons. The topological polar surface area (TPSA) is 43.4 Å². The van der Waals surface area contributed by atoms with Gasteiger partial charge in [0.25, 0.3) is 0 Å². The van der Waals surface area contributed by atoms with Crippen LogP contribution in [0.2, 0.25) is 0 Å². The van der Waals surface area contributed by atoms with Gasteiger partial charge in [-0.1, -0.05) is 86.8 Å². The molecule has 0 aliphatic heterocycles. The molecule has 0 aliphatic carbocycles. The highest BCUT2D eigenvalue weighted by Gasteiger charge is 2.02. The standard InChI is InChI=1S/C27H40O3/c1-3-5-7-9-11-13-15-17-19-22-26(28)23-21-25-30-27(29)24-20-18-16-14-12-10-8-6-4-2/h5-8,11-14,17-20H,3-4,9-10,15-16,21-25H2,1-2H3/b7-5+,8-6+,13-11+,14-12+,19-17+,20-18+. The Morgan fingerprint density at radius 2 is 1.03 bits per heavy atom. The molecule has 0 amide bonds. The highest BCUT2D eigenvalue weighted by atomic mass is 16.5. The van der Waals surface area contributed by atoms with Gasteiger partial charge in [0.05, 0.1) is 13.0 Å². The van der Waals surface area contributed by atoms with Crippen molar-refractivity contribution in [1.82, 2.24) is 0 Å². The number of Topliss-reactive ketones (excluding diaryl/α,β-unsaturated/α-hetero) is 1. The Morgan fingerprint density at radius 1 is 0.600 bits per heavy atom. The van der Waals surface area contributed by atoms with Crippen LogP contribution in [0, 0.1) is 0 Å². The number of ketones is 1. The van der Waals surface area contributed by atoms with Crippen molar-refractivity contribution in [3.05, 3.63) is 72.9 Å². The summed E-state index contributed by atoms with van der Waals surface area (Å²) in [6.07, 6.45) is 32.2. The van der Waals surface area contributed by atoms with Crippen LogP contribution in [-0.2, 0) is 14.3 Å². The molecule has 3 nitrogen and oxygen atoms in total. The fourth-order valence-corrected chi connectivity index (χ4v) is 2.43. The first kappa shape index (κ1) is 27.6. The third-order valence-electron chi connectivity index (χ3n) is 4.05. The van der Waals surface area contributed by atoms with Gasteiger partial charge >= 0.3 is 5.97 Å². The summed E-state index contributed by atoms with van der Waals surface area (Å²) in [5.41, 5.74) is 0. The van der Waals surface area contributed by atoms with Crippen molar-refractivity contribution in [1.29, 1.82) is 0 Å². The van der Waals surface area contributed by atoms with Crippen molar-refractivity contribution in [2.75, 3.05) is 6.61 Å². The van der Waals surface area contributed by atoms with Crippen LogP contribution in [-0.4, -0.2) is 18.4 Å². The van der Waals surface area contributed by atoms with Crippen LogP contribution < -0.4 is 0 Å². The number of allylic oxidation sites excluding steroid dienone is 11. The van der Waals surface area contributed by atoms with Crippen molar-refractivity contribution < 1.29 is 14.3 Å². The lowest BCUT2D eigenvalue weighted by molar-refractivity contribution is -0.143. The van der Waals surface area contributed by atoms with Gasteiger partial charge in [0, 0.05) is 12.8 Å². The zero-order valence-corrected chi connectivity index (χ0v) is 18.9. The lowest BCUT2D eigenvalue weighted by atomic mass is 10.1. The van der Waals surface area contributed by atoms with E-state index in [-0.39, 0.29) is 18.2 Å². The molecular formula is C27H40O3. The second-order valence-electron chi connectivity index (χ2n) is 6.86. The summed E-state index contributed by atoms with van der Waals surface area (Å²) in [4.78, 5) is 23.5. The number of carbonyl (C=O) groups excluding carboxylic acids is 2. The Balaban J connectivity index is 3.64. The maximum Gasteiger partial charge on any atom is 0.309 e. The molecule has 0 atom stereocenters. The summed E-state index contributed by atoms with van der Waals surface area (Å²) < 4.78 is 5.16. The van der Waals surface area contributed by atoms with Crippen LogP contribution in [0.4, 0.5) is 0 Å². The zero-order chi connectivity index (χ0) is 22.1. The largest absolute Gasteiger partial charge is 0.465 e. The number of rotatable bonds is 18. The minimum atomic E-state index is -0.242. The molecule has 0 N–H and O–H groups in total. The third-order valence-corrected chi connectivity index (χ3v) is 4.05. The summed E-state index contributed by atoms with van der Waals surface area (Å²) in [5.74, 6) is -0.0633. The molecule has 0 aromatic carbocycles. The molecule has 30 heavy (non-hydrogen) atoms. The first-order valence-electron chi connectivity index (χ1n) is 11.3. The summed E-state index contributed by atoms with van der Waals surface area (Å²) in [6, 6.07) is 0. The molecule has 0 rings (SSSR count). The Kier molecular flexibility index (Phi) is 21.0. The predicted octanol–water partition coefficient (Wildman–Crippen LogP) is 7.38. The average molecular weight is 413 g/mol. The van der Waals surface area contributed by atoms with Crippen molar-refractivity contribution in [2.45, 2.75) is 78.1 Å². The van der Waals surface area contributed by atoms with Crippen molar-refractivity contribution >= 4 is 11.8 Å². The first-order valence-corrected chi connectivity index (χ1v) is 11.3. The van der Waals surface area contributed by atoms with E-state index in [1.165, 1.54) is 0 Å². The van der Waals surface area contributed by atoms with Crippen LogP contribution >= 0.6 is 0 Å². The molecule has 0 saturated carbocycles. The molecular weight excluding hydrogens is 372 g/mol. The Morgan fingerprint density at radius 3 is 1.53 bits per heavy atom. The van der Waals surface area contributed by atoms with E-state index in [1.54, 1.807) is 0 Å². The Hall–Kier alpha value is -2.42. The lowest BCUT2D eigenvalue weighted by Crippen LogP contribution is -2.06. The maximum absolute atomic E-state index is 11.8. The number of ether oxygens (including phenoxy) is 1. The van der Waals surface area contributed by atoms with E-state index in [0.29, 0.717) is 25.9 Å². The fourth-order valence-electron chi connectivity index (χ4n) is 2.43. The van der Waals surface area contributed by atoms with Gasteiger partial charge in [-0.05, 0) is 44.9 Å². The molecule has 0 unspecified atom stereocenters. The summed E-state index contributed by atoms with van der Waals surface area (Å²) >= 11 is 0. The maximum atomic E-state index is 11.8. The van der Waals surface area contributed by atoms with Gasteiger partial charge in [0.1, 0.15) is 5.78 Å². The molecule has 0 fully saturated rings. The van der Waals surface area contributed by atoms with Gasteiger partial charge in [-0.25, -0.2) is 0 Å². The summed E-state index contributed by atoms with van der Waals surface area (Å²) in [6.45, 7) is 4.54. The highest BCUT2D eigenvalue weighted by Crippen LogP contribution is 2.01. The van der Waals surface area contributed by atoms with Crippen LogP contribution in [0.25, 0.3) is 0 Å². The third kappa shape index (κ3) is 21.9. The molecule has 0 aromatic heterocycles. The zero-order valence-electron chi connectivity index (χ0n) is 18.9. The van der Waals surface area contributed by atoms with E-state index < -0.39 is 0 Å². The van der Waals surface area contributed by atoms with E-state index in [4.69, 9.17) is 4.74 Å². The normalized spacial score (nSPS) is 12.6. The van der Waals surface area contributed by atoms with E-state index >= 15 is 0 Å². The fraction of sp³-hybridized carbons (Fsp3) is 0.481. The average Bonchev–Trinajstić information content (AvgIpc) is 2.74. The van der Waals surface area contributed by atoms with Gasteiger partial charge in [-0.15, -0.1) is 0 Å². The molecule has 0 aromatic rings. The van der Waals surface area contributed by atoms with Gasteiger partial charge < -0.3 is 4.74 Å². The van der Waals surface area contributed by atoms with E-state index in [2.05, 4.69) is 62.5 Å². The van der Waals surface area contributed by atoms with Gasteiger partial charge in [0.15, 0.2) is 0 Å². The molecule has 3 heteroatoms. The smallest absolute Gasteiger partial charge is 0.309 e. The molecule has 0 heterocycles. The quantitative estimate of drug-likeness (QED) is 0.134. The molecule has 0 aliphatic rings. The van der Waals surface area contributed by atoms with E-state index in [0.717, 1.165) is 38.5 Å². The van der Waals surface area contributed by atoms with E-state index in [1.807, 2.05) is 24.3 Å². The molecule has 0 spiro atoms. The lowest BCUT2D eigenvalue weighted by Gasteiger charge is -2.02. The number of hydrogen-bond donors (Lipinski definition) is 0. The monoisotopic (exact) mass is 412 g/mol. The Bertz CT molecular complexity index is 550. The van der Waals surface area contributed by atoms with Crippen molar-refractivity contribution in [3.63, 3.8) is 0 Å². The van der Waals surface area contributed by atoms with Gasteiger partial charge in [-0.3, -0.25) is 9.59 Å². The second-order valence-corrected chi connectivity index (χ2v) is 6.86. The number of hydrogen-bond acceptors (Lipinski definition) is 3. The van der Waals surface area contributed by atoms with E-state index in [9.17, 15) is 9.59 Å². The van der Waals surface area contributed by atoms with Gasteiger partial charge in [0.2, 0.25) is 0 Å². The van der Waals surface area contributed by atoms with Crippen LogP contribution in [0.5, 0.6) is 0 Å². The minimum Gasteiger partial charge on any atom is -0.465 e. The predicted molar refractivity (Wildman–Crippen MR) is 128 cm³/mol. The van der Waals surface area contributed by atoms with Crippen molar-refractivity contribution in [3.8, 4) is 0 Å². The van der Waals surface area contributed by atoms with Crippen molar-refractivity contribution in [2.24, 2.45) is 0 Å². The second kappa shape index (κ2) is 22.9.